The number of aromatic nitrogens is 2. The van der Waals surface area contributed by atoms with Crippen LogP contribution in [0.5, 0.6) is 0 Å². The van der Waals surface area contributed by atoms with Crippen molar-refractivity contribution in [3.63, 3.8) is 0 Å². The summed E-state index contributed by atoms with van der Waals surface area (Å²) < 4.78 is 1.70. The van der Waals surface area contributed by atoms with Gasteiger partial charge < -0.3 is 15.3 Å². The summed E-state index contributed by atoms with van der Waals surface area (Å²) in [5.41, 5.74) is 0.604. The van der Waals surface area contributed by atoms with Crippen LogP contribution in [-0.2, 0) is 11.3 Å². The first-order chi connectivity index (χ1) is 8.97. The van der Waals surface area contributed by atoms with Crippen LogP contribution in [0.3, 0.4) is 0 Å². The van der Waals surface area contributed by atoms with Crippen LogP contribution in [-0.4, -0.2) is 44.4 Å². The van der Waals surface area contributed by atoms with Crippen molar-refractivity contribution in [1.82, 2.24) is 14.7 Å². The predicted octanol–water partition coefficient (Wildman–Crippen LogP) is 1.62. The van der Waals surface area contributed by atoms with E-state index >= 15 is 0 Å². The number of carbonyl (C=O) groups is 2. The lowest BCUT2D eigenvalue weighted by Gasteiger charge is -2.26. The number of anilines is 1. The lowest BCUT2D eigenvalue weighted by atomic mass is 10.2. The smallest absolute Gasteiger partial charge is 0.322 e. The van der Waals surface area contributed by atoms with E-state index in [0.717, 1.165) is 6.54 Å². The molecule has 1 rings (SSSR count). The second kappa shape index (κ2) is 6.77. The number of carbonyl (C=O) groups excluding carboxylic acids is 1. The van der Waals surface area contributed by atoms with Gasteiger partial charge in [-0.15, -0.1) is 0 Å². The molecule has 0 aliphatic carbocycles. The molecular formula is C12H20N4O3. The third-order valence-corrected chi connectivity index (χ3v) is 2.81. The highest BCUT2D eigenvalue weighted by Gasteiger charge is 2.21. The largest absolute Gasteiger partial charge is 0.481 e. The Balaban J connectivity index is 2.65. The van der Waals surface area contributed by atoms with Gasteiger partial charge in [0.25, 0.3) is 0 Å². The monoisotopic (exact) mass is 268 g/mol. The first-order valence-corrected chi connectivity index (χ1v) is 6.29. The van der Waals surface area contributed by atoms with E-state index in [9.17, 15) is 9.59 Å². The van der Waals surface area contributed by atoms with Gasteiger partial charge in [-0.1, -0.05) is 0 Å². The molecular weight excluding hydrogens is 248 g/mol. The van der Waals surface area contributed by atoms with Gasteiger partial charge >= 0.3 is 12.0 Å². The number of hydrogen-bond acceptors (Lipinski definition) is 3. The molecule has 19 heavy (non-hydrogen) atoms. The average Bonchev–Trinajstić information content (AvgIpc) is 2.76. The number of aliphatic carboxylic acids is 1. The number of carboxylic acids is 1. The maximum Gasteiger partial charge on any atom is 0.322 e. The molecule has 0 bridgehead atoms. The highest BCUT2D eigenvalue weighted by Crippen LogP contribution is 2.10. The fraction of sp³-hybridized carbons (Fsp3) is 0.583. The van der Waals surface area contributed by atoms with Gasteiger partial charge in [0.05, 0.1) is 18.3 Å². The van der Waals surface area contributed by atoms with Crippen molar-refractivity contribution in [3.05, 3.63) is 12.4 Å². The second-order valence-electron chi connectivity index (χ2n) is 4.25. The Hall–Kier alpha value is -2.05. The first kappa shape index (κ1) is 15.0. The SMILES string of the molecule is CCN(C(=O)Nc1cnn(CC)c1)C(C)CC(=O)O. The summed E-state index contributed by atoms with van der Waals surface area (Å²) in [5, 5.41) is 15.5. The third kappa shape index (κ3) is 4.27. The Kier molecular flexibility index (Phi) is 5.35. The molecule has 2 amide bonds. The van der Waals surface area contributed by atoms with Crippen LogP contribution in [0.2, 0.25) is 0 Å². The lowest BCUT2D eigenvalue weighted by molar-refractivity contribution is -0.137. The van der Waals surface area contributed by atoms with Crippen LogP contribution < -0.4 is 5.32 Å². The summed E-state index contributed by atoms with van der Waals surface area (Å²) in [6, 6.07) is -0.671. The number of aryl methyl sites for hydroxylation is 1. The van der Waals surface area contributed by atoms with E-state index in [2.05, 4.69) is 10.4 Å². The molecule has 0 aliphatic heterocycles. The molecule has 0 aromatic carbocycles. The van der Waals surface area contributed by atoms with Gasteiger partial charge in [0, 0.05) is 25.3 Å². The standard InChI is InChI=1S/C12H20N4O3/c1-4-15-8-10(7-13-15)14-12(19)16(5-2)9(3)6-11(17)18/h7-9H,4-6H2,1-3H3,(H,14,19)(H,17,18). The Labute approximate surface area is 112 Å². The number of urea groups is 1. The zero-order chi connectivity index (χ0) is 14.4. The molecule has 2 N–H and O–H groups in total. The van der Waals surface area contributed by atoms with Crippen LogP contribution >= 0.6 is 0 Å². The van der Waals surface area contributed by atoms with Gasteiger partial charge in [0.2, 0.25) is 0 Å². The molecule has 7 nitrogen and oxygen atoms in total. The molecule has 1 unspecified atom stereocenters. The van der Waals surface area contributed by atoms with Gasteiger partial charge in [0.15, 0.2) is 0 Å². The number of rotatable bonds is 6. The van der Waals surface area contributed by atoms with Gasteiger partial charge in [0.1, 0.15) is 0 Å². The molecule has 0 spiro atoms. The predicted molar refractivity (Wildman–Crippen MR) is 71.0 cm³/mol. The zero-order valence-corrected chi connectivity index (χ0v) is 11.5. The Morgan fingerprint density at radius 2 is 2.21 bits per heavy atom. The normalized spacial score (nSPS) is 11.9. The Bertz CT molecular complexity index is 444. The summed E-state index contributed by atoms with van der Waals surface area (Å²) in [4.78, 5) is 24.2. The number of nitrogens with one attached hydrogen (secondary N) is 1. The van der Waals surface area contributed by atoms with Crippen LogP contribution in [0.4, 0.5) is 10.5 Å². The van der Waals surface area contributed by atoms with Crippen LogP contribution in [0.1, 0.15) is 27.2 Å². The zero-order valence-electron chi connectivity index (χ0n) is 11.5. The van der Waals surface area contributed by atoms with E-state index < -0.39 is 5.97 Å². The van der Waals surface area contributed by atoms with Crippen molar-refractivity contribution in [3.8, 4) is 0 Å². The minimum absolute atomic E-state index is 0.0739. The van der Waals surface area contributed by atoms with Crippen LogP contribution in [0, 0.1) is 0 Å². The summed E-state index contributed by atoms with van der Waals surface area (Å²) in [5.74, 6) is -0.919. The number of hydrogen-bond donors (Lipinski definition) is 2. The quantitative estimate of drug-likeness (QED) is 0.820. The van der Waals surface area contributed by atoms with Gasteiger partial charge in [-0.2, -0.15) is 5.10 Å². The molecule has 7 heteroatoms. The molecule has 106 valence electrons. The first-order valence-electron chi connectivity index (χ1n) is 6.29. The van der Waals surface area contributed by atoms with E-state index in [1.54, 1.807) is 24.0 Å². The van der Waals surface area contributed by atoms with Gasteiger partial charge in [-0.25, -0.2) is 4.79 Å². The molecule has 0 saturated heterocycles. The molecule has 1 atom stereocenters. The van der Waals surface area contributed by atoms with Crippen molar-refractivity contribution in [2.75, 3.05) is 11.9 Å². The third-order valence-electron chi connectivity index (χ3n) is 2.81. The van der Waals surface area contributed by atoms with E-state index in [1.165, 1.54) is 4.90 Å². The highest BCUT2D eigenvalue weighted by molar-refractivity contribution is 5.89. The molecule has 1 heterocycles. The maximum absolute atomic E-state index is 12.0. The van der Waals surface area contributed by atoms with Crippen LogP contribution in [0.25, 0.3) is 0 Å². The summed E-state index contributed by atoms with van der Waals surface area (Å²) in [6.45, 7) is 6.65. The number of nitrogens with zero attached hydrogens (tertiary/aromatic N) is 3. The molecule has 1 aromatic heterocycles. The van der Waals surface area contributed by atoms with Crippen molar-refractivity contribution in [2.45, 2.75) is 39.8 Å². The number of carboxylic acid groups (broad SMARTS) is 1. The van der Waals surface area contributed by atoms with E-state index in [-0.39, 0.29) is 18.5 Å². The fourth-order valence-electron chi connectivity index (χ4n) is 1.81. The molecule has 0 aliphatic rings. The van der Waals surface area contributed by atoms with Crippen molar-refractivity contribution >= 4 is 17.7 Å². The lowest BCUT2D eigenvalue weighted by Crippen LogP contribution is -2.42. The Morgan fingerprint density at radius 1 is 1.53 bits per heavy atom. The summed E-state index contributed by atoms with van der Waals surface area (Å²) in [6.07, 6.45) is 3.22. The van der Waals surface area contributed by atoms with E-state index in [0.29, 0.717) is 12.2 Å². The molecule has 1 aromatic rings. The average molecular weight is 268 g/mol. The minimum Gasteiger partial charge on any atom is -0.481 e. The summed E-state index contributed by atoms with van der Waals surface area (Å²) in [7, 11) is 0. The van der Waals surface area contributed by atoms with E-state index in [1.807, 2.05) is 13.8 Å². The van der Waals surface area contributed by atoms with Crippen molar-refractivity contribution < 1.29 is 14.7 Å². The second-order valence-corrected chi connectivity index (χ2v) is 4.25. The van der Waals surface area contributed by atoms with E-state index in [4.69, 9.17) is 5.11 Å². The van der Waals surface area contributed by atoms with Crippen LogP contribution in [0.15, 0.2) is 12.4 Å². The van der Waals surface area contributed by atoms with Gasteiger partial charge in [-0.05, 0) is 20.8 Å². The van der Waals surface area contributed by atoms with Crippen molar-refractivity contribution in [2.24, 2.45) is 0 Å². The maximum atomic E-state index is 12.0. The summed E-state index contributed by atoms with van der Waals surface area (Å²) >= 11 is 0. The molecule has 0 radical (unpaired) electrons. The minimum atomic E-state index is -0.919. The molecule has 0 saturated carbocycles. The topological polar surface area (TPSA) is 87.5 Å². The van der Waals surface area contributed by atoms with Crippen molar-refractivity contribution in [1.29, 1.82) is 0 Å². The number of amides is 2. The highest BCUT2D eigenvalue weighted by atomic mass is 16.4. The Morgan fingerprint density at radius 3 is 2.68 bits per heavy atom. The fourth-order valence-corrected chi connectivity index (χ4v) is 1.81. The van der Waals surface area contributed by atoms with Gasteiger partial charge in [-0.3, -0.25) is 9.48 Å². The molecule has 0 fully saturated rings.